The summed E-state index contributed by atoms with van der Waals surface area (Å²) in [6.07, 6.45) is 9.96. The molecule has 0 aromatic heterocycles. The summed E-state index contributed by atoms with van der Waals surface area (Å²) in [5.74, 6) is 0.907. The number of piperidine rings is 1. The molecule has 1 saturated heterocycles. The highest BCUT2D eigenvalue weighted by molar-refractivity contribution is 4.86. The van der Waals surface area contributed by atoms with Gasteiger partial charge in [-0.2, -0.15) is 0 Å². The molecule has 1 fully saturated rings. The lowest BCUT2D eigenvalue weighted by Crippen LogP contribution is -2.34. The van der Waals surface area contributed by atoms with E-state index < -0.39 is 0 Å². The van der Waals surface area contributed by atoms with E-state index >= 15 is 0 Å². The standard InChI is InChI=1S/C13H26N2/c1-3-15-11-7-9-13(12-15)8-5-4-6-10-14-2/h4-5,13-14H,3,6-12H2,1-2H3/b5-4-. The second-order valence-electron chi connectivity index (χ2n) is 4.50. The zero-order chi connectivity index (χ0) is 10.9. The van der Waals surface area contributed by atoms with Crippen LogP contribution >= 0.6 is 0 Å². The van der Waals surface area contributed by atoms with Gasteiger partial charge >= 0.3 is 0 Å². The first-order valence-corrected chi connectivity index (χ1v) is 6.38. The average molecular weight is 210 g/mol. The van der Waals surface area contributed by atoms with Crippen LogP contribution in [0.15, 0.2) is 12.2 Å². The van der Waals surface area contributed by atoms with Crippen LogP contribution in [0, 0.1) is 5.92 Å². The predicted octanol–water partition coefficient (Wildman–Crippen LogP) is 2.27. The van der Waals surface area contributed by atoms with Crippen molar-refractivity contribution in [3.05, 3.63) is 12.2 Å². The van der Waals surface area contributed by atoms with E-state index in [9.17, 15) is 0 Å². The molecule has 15 heavy (non-hydrogen) atoms. The van der Waals surface area contributed by atoms with Crippen LogP contribution in [-0.4, -0.2) is 38.1 Å². The molecular formula is C13H26N2. The third kappa shape index (κ3) is 5.33. The van der Waals surface area contributed by atoms with Crippen molar-refractivity contribution in [3.63, 3.8) is 0 Å². The Morgan fingerprint density at radius 3 is 3.00 bits per heavy atom. The summed E-state index contributed by atoms with van der Waals surface area (Å²) in [7, 11) is 2.01. The van der Waals surface area contributed by atoms with Gasteiger partial charge in [0.15, 0.2) is 0 Å². The van der Waals surface area contributed by atoms with Crippen molar-refractivity contribution in [2.75, 3.05) is 33.2 Å². The molecule has 1 heterocycles. The van der Waals surface area contributed by atoms with Crippen molar-refractivity contribution < 1.29 is 0 Å². The summed E-state index contributed by atoms with van der Waals surface area (Å²) < 4.78 is 0. The summed E-state index contributed by atoms with van der Waals surface area (Å²) >= 11 is 0. The van der Waals surface area contributed by atoms with Crippen molar-refractivity contribution in [2.45, 2.75) is 32.6 Å². The minimum atomic E-state index is 0.907. The number of likely N-dealkylation sites (tertiary alicyclic amines) is 1. The molecule has 0 aromatic rings. The summed E-state index contributed by atoms with van der Waals surface area (Å²) in [6.45, 7) is 7.22. The van der Waals surface area contributed by atoms with E-state index in [-0.39, 0.29) is 0 Å². The third-order valence-electron chi connectivity index (χ3n) is 3.25. The number of nitrogens with one attached hydrogen (secondary N) is 1. The second kappa shape index (κ2) is 7.89. The maximum Gasteiger partial charge on any atom is 0.00125 e. The fraction of sp³-hybridized carbons (Fsp3) is 0.846. The fourth-order valence-electron chi connectivity index (χ4n) is 2.27. The first-order chi connectivity index (χ1) is 7.36. The number of nitrogens with zero attached hydrogens (tertiary/aromatic N) is 1. The zero-order valence-electron chi connectivity index (χ0n) is 10.3. The summed E-state index contributed by atoms with van der Waals surface area (Å²) in [5.41, 5.74) is 0. The topological polar surface area (TPSA) is 15.3 Å². The molecule has 1 aliphatic rings. The van der Waals surface area contributed by atoms with E-state index in [1.807, 2.05) is 7.05 Å². The van der Waals surface area contributed by atoms with Gasteiger partial charge in [-0.05, 0) is 58.3 Å². The van der Waals surface area contributed by atoms with E-state index in [4.69, 9.17) is 0 Å². The van der Waals surface area contributed by atoms with E-state index in [2.05, 4.69) is 29.3 Å². The Morgan fingerprint density at radius 2 is 2.27 bits per heavy atom. The monoisotopic (exact) mass is 210 g/mol. The Labute approximate surface area is 94.7 Å². The lowest BCUT2D eigenvalue weighted by atomic mass is 9.94. The molecule has 0 amide bonds. The predicted molar refractivity (Wildman–Crippen MR) is 67.1 cm³/mol. The first-order valence-electron chi connectivity index (χ1n) is 6.38. The molecule has 2 heteroatoms. The highest BCUT2D eigenvalue weighted by Gasteiger charge is 2.16. The molecule has 0 aliphatic carbocycles. The minimum absolute atomic E-state index is 0.907. The summed E-state index contributed by atoms with van der Waals surface area (Å²) in [6, 6.07) is 0. The van der Waals surface area contributed by atoms with Crippen LogP contribution in [0.3, 0.4) is 0 Å². The molecule has 0 radical (unpaired) electrons. The van der Waals surface area contributed by atoms with E-state index in [0.29, 0.717) is 0 Å². The molecule has 1 atom stereocenters. The number of hydrogen-bond acceptors (Lipinski definition) is 2. The average Bonchev–Trinajstić information content (AvgIpc) is 2.29. The van der Waals surface area contributed by atoms with Gasteiger partial charge in [0.2, 0.25) is 0 Å². The molecule has 0 bridgehead atoms. The number of hydrogen-bond donors (Lipinski definition) is 1. The first kappa shape index (κ1) is 12.7. The van der Waals surface area contributed by atoms with Gasteiger partial charge in [-0.3, -0.25) is 0 Å². The Hall–Kier alpha value is -0.340. The quantitative estimate of drug-likeness (QED) is 0.534. The van der Waals surface area contributed by atoms with Crippen molar-refractivity contribution in [1.29, 1.82) is 0 Å². The van der Waals surface area contributed by atoms with Crippen LogP contribution in [0.2, 0.25) is 0 Å². The Kier molecular flexibility index (Phi) is 6.69. The lowest BCUT2D eigenvalue weighted by molar-refractivity contribution is 0.184. The van der Waals surface area contributed by atoms with Gasteiger partial charge in [0.05, 0.1) is 0 Å². The lowest BCUT2D eigenvalue weighted by Gasteiger charge is -2.31. The van der Waals surface area contributed by atoms with Gasteiger partial charge in [0.25, 0.3) is 0 Å². The molecule has 1 unspecified atom stereocenters. The SMILES string of the molecule is CCN1CCCC(C/C=C\CCNC)C1. The van der Waals surface area contributed by atoms with E-state index in [1.165, 1.54) is 45.3 Å². The van der Waals surface area contributed by atoms with Crippen molar-refractivity contribution in [3.8, 4) is 0 Å². The molecule has 0 aromatic carbocycles. The Balaban J connectivity index is 2.12. The normalized spacial score (nSPS) is 23.7. The summed E-state index contributed by atoms with van der Waals surface area (Å²) in [5, 5.41) is 3.16. The van der Waals surface area contributed by atoms with Crippen LogP contribution in [0.5, 0.6) is 0 Å². The van der Waals surface area contributed by atoms with Crippen LogP contribution < -0.4 is 5.32 Å². The van der Waals surface area contributed by atoms with Gasteiger partial charge in [-0.15, -0.1) is 0 Å². The van der Waals surface area contributed by atoms with Gasteiger partial charge < -0.3 is 10.2 Å². The molecule has 1 aliphatic heterocycles. The molecule has 1 N–H and O–H groups in total. The maximum absolute atomic E-state index is 3.16. The third-order valence-corrected chi connectivity index (χ3v) is 3.25. The zero-order valence-corrected chi connectivity index (χ0v) is 10.3. The molecular weight excluding hydrogens is 184 g/mol. The molecule has 2 nitrogen and oxygen atoms in total. The minimum Gasteiger partial charge on any atom is -0.319 e. The van der Waals surface area contributed by atoms with Crippen molar-refractivity contribution in [2.24, 2.45) is 5.92 Å². The molecule has 88 valence electrons. The number of allylic oxidation sites excluding steroid dienone is 1. The van der Waals surface area contributed by atoms with Crippen LogP contribution in [-0.2, 0) is 0 Å². The Bertz CT molecular complexity index is 177. The van der Waals surface area contributed by atoms with Crippen molar-refractivity contribution in [1.82, 2.24) is 10.2 Å². The van der Waals surface area contributed by atoms with Gasteiger partial charge in [-0.25, -0.2) is 0 Å². The molecule has 0 saturated carbocycles. The molecule has 1 rings (SSSR count). The largest absolute Gasteiger partial charge is 0.319 e. The highest BCUT2D eigenvalue weighted by Crippen LogP contribution is 2.19. The van der Waals surface area contributed by atoms with Gasteiger partial charge in [0, 0.05) is 6.54 Å². The highest BCUT2D eigenvalue weighted by atomic mass is 15.1. The van der Waals surface area contributed by atoms with E-state index in [1.54, 1.807) is 0 Å². The van der Waals surface area contributed by atoms with Crippen LogP contribution in [0.25, 0.3) is 0 Å². The second-order valence-corrected chi connectivity index (χ2v) is 4.50. The smallest absolute Gasteiger partial charge is 0.00125 e. The van der Waals surface area contributed by atoms with E-state index in [0.717, 1.165) is 12.5 Å². The van der Waals surface area contributed by atoms with Gasteiger partial charge in [-0.1, -0.05) is 19.1 Å². The van der Waals surface area contributed by atoms with Crippen LogP contribution in [0.1, 0.15) is 32.6 Å². The fourth-order valence-corrected chi connectivity index (χ4v) is 2.27. The number of rotatable bonds is 6. The maximum atomic E-state index is 3.16. The summed E-state index contributed by atoms with van der Waals surface area (Å²) in [4.78, 5) is 2.58. The Morgan fingerprint density at radius 1 is 1.40 bits per heavy atom. The van der Waals surface area contributed by atoms with Crippen molar-refractivity contribution >= 4 is 0 Å². The molecule has 0 spiro atoms. The van der Waals surface area contributed by atoms with Crippen LogP contribution in [0.4, 0.5) is 0 Å². The van der Waals surface area contributed by atoms with Gasteiger partial charge in [0.1, 0.15) is 0 Å².